The van der Waals surface area contributed by atoms with Gasteiger partial charge >= 0.3 is 0 Å². The quantitative estimate of drug-likeness (QED) is 0.611. The number of unbranched alkanes of at least 4 members (excludes halogenated alkanes) is 1. The van der Waals surface area contributed by atoms with Crippen LogP contribution >= 0.6 is 0 Å². The van der Waals surface area contributed by atoms with Crippen molar-refractivity contribution < 1.29 is 9.59 Å². The number of aryl methyl sites for hydroxylation is 2. The lowest BCUT2D eigenvalue weighted by molar-refractivity contribution is -0.121. The Kier molecular flexibility index (Phi) is 7.42. The van der Waals surface area contributed by atoms with E-state index in [-0.39, 0.29) is 5.91 Å². The molecule has 0 saturated carbocycles. The van der Waals surface area contributed by atoms with E-state index < -0.39 is 5.91 Å². The van der Waals surface area contributed by atoms with E-state index in [0.29, 0.717) is 24.1 Å². The molecule has 1 aliphatic rings. The molecule has 3 heterocycles. The minimum atomic E-state index is -0.543. The van der Waals surface area contributed by atoms with Gasteiger partial charge in [-0.1, -0.05) is 6.92 Å². The topological polar surface area (TPSA) is 106 Å². The molecular formula is C22H34N6O2. The number of rotatable bonds is 9. The van der Waals surface area contributed by atoms with Crippen molar-refractivity contribution in [3.8, 4) is 0 Å². The van der Waals surface area contributed by atoms with Crippen LogP contribution in [-0.4, -0.2) is 57.5 Å². The molecular weight excluding hydrogens is 380 g/mol. The maximum absolute atomic E-state index is 12.3. The van der Waals surface area contributed by atoms with Crippen molar-refractivity contribution in [2.24, 2.45) is 11.7 Å². The van der Waals surface area contributed by atoms with Gasteiger partial charge in [0, 0.05) is 24.4 Å². The number of primary amides is 1. The maximum atomic E-state index is 12.3. The molecule has 0 bridgehead atoms. The van der Waals surface area contributed by atoms with E-state index in [1.54, 1.807) is 4.52 Å². The van der Waals surface area contributed by atoms with Gasteiger partial charge in [-0.15, -0.1) is 0 Å². The number of carbonyl (C=O) groups excluding carboxylic acids is 2. The van der Waals surface area contributed by atoms with Gasteiger partial charge in [0.05, 0.1) is 6.20 Å². The Morgan fingerprint density at radius 3 is 2.67 bits per heavy atom. The van der Waals surface area contributed by atoms with E-state index in [0.717, 1.165) is 48.8 Å². The second-order valence-electron chi connectivity index (χ2n) is 8.50. The number of amides is 2. The molecule has 0 radical (unpaired) electrons. The van der Waals surface area contributed by atoms with Crippen molar-refractivity contribution >= 4 is 17.5 Å². The fourth-order valence-corrected chi connectivity index (χ4v) is 4.15. The number of hydrogen-bond donors (Lipinski definition) is 2. The molecule has 0 aliphatic carbocycles. The Balaban J connectivity index is 1.43. The van der Waals surface area contributed by atoms with Gasteiger partial charge < -0.3 is 16.0 Å². The zero-order valence-electron chi connectivity index (χ0n) is 18.4. The highest BCUT2D eigenvalue weighted by Crippen LogP contribution is 2.18. The maximum Gasteiger partial charge on any atom is 0.254 e. The van der Waals surface area contributed by atoms with E-state index in [9.17, 15) is 9.59 Å². The third-order valence-corrected chi connectivity index (χ3v) is 6.18. The largest absolute Gasteiger partial charge is 0.365 e. The van der Waals surface area contributed by atoms with Crippen molar-refractivity contribution in [1.82, 2.24) is 24.8 Å². The van der Waals surface area contributed by atoms with Crippen LogP contribution in [0.3, 0.4) is 0 Å². The molecule has 1 fully saturated rings. The van der Waals surface area contributed by atoms with Gasteiger partial charge in [0.15, 0.2) is 5.65 Å². The van der Waals surface area contributed by atoms with Crippen LogP contribution in [-0.2, 0) is 11.2 Å². The first-order chi connectivity index (χ1) is 14.4. The van der Waals surface area contributed by atoms with E-state index in [2.05, 4.69) is 27.2 Å². The van der Waals surface area contributed by atoms with Crippen LogP contribution in [0.15, 0.2) is 6.20 Å². The zero-order valence-corrected chi connectivity index (χ0v) is 18.4. The zero-order chi connectivity index (χ0) is 21.7. The summed E-state index contributed by atoms with van der Waals surface area (Å²) in [5.41, 5.74) is 8.83. The number of hydrogen-bond acceptors (Lipinski definition) is 5. The molecule has 0 aromatic carbocycles. The van der Waals surface area contributed by atoms with Gasteiger partial charge in [0.25, 0.3) is 5.91 Å². The highest BCUT2D eigenvalue weighted by atomic mass is 16.1. The Hall–Kier alpha value is -2.48. The second-order valence-corrected chi connectivity index (χ2v) is 8.50. The van der Waals surface area contributed by atoms with Gasteiger partial charge in [-0.3, -0.25) is 9.59 Å². The van der Waals surface area contributed by atoms with E-state index >= 15 is 0 Å². The van der Waals surface area contributed by atoms with Crippen LogP contribution < -0.4 is 11.1 Å². The van der Waals surface area contributed by atoms with Crippen LogP contribution in [0.5, 0.6) is 0 Å². The van der Waals surface area contributed by atoms with Crippen LogP contribution in [0.1, 0.15) is 66.3 Å². The summed E-state index contributed by atoms with van der Waals surface area (Å²) in [6, 6.07) is 0. The first kappa shape index (κ1) is 22.2. The van der Waals surface area contributed by atoms with Crippen LogP contribution in [0.25, 0.3) is 5.65 Å². The molecule has 8 heteroatoms. The number of fused-ring (bicyclic) bond motifs is 1. The molecule has 30 heavy (non-hydrogen) atoms. The third kappa shape index (κ3) is 5.36. The van der Waals surface area contributed by atoms with E-state index in [1.807, 2.05) is 13.8 Å². The highest BCUT2D eigenvalue weighted by molar-refractivity contribution is 5.98. The molecule has 8 nitrogen and oxygen atoms in total. The number of nitrogens with zero attached hydrogens (tertiary/aromatic N) is 4. The Morgan fingerprint density at radius 2 is 1.97 bits per heavy atom. The molecule has 1 aliphatic heterocycles. The highest BCUT2D eigenvalue weighted by Gasteiger charge is 2.17. The molecule has 2 aromatic heterocycles. The number of nitrogens with one attached hydrogen (secondary N) is 1. The fraction of sp³-hybridized carbons (Fsp3) is 0.636. The molecule has 0 spiro atoms. The van der Waals surface area contributed by atoms with Crippen molar-refractivity contribution in [2.75, 3.05) is 26.2 Å². The number of piperidine rings is 1. The van der Waals surface area contributed by atoms with Gasteiger partial charge in [0.1, 0.15) is 5.56 Å². The summed E-state index contributed by atoms with van der Waals surface area (Å²) in [6.45, 7) is 10.4. The summed E-state index contributed by atoms with van der Waals surface area (Å²) in [6.07, 6.45) is 7.17. The molecule has 1 saturated heterocycles. The van der Waals surface area contributed by atoms with Crippen molar-refractivity contribution in [3.63, 3.8) is 0 Å². The fourth-order valence-electron chi connectivity index (χ4n) is 4.15. The first-order valence-electron chi connectivity index (χ1n) is 11.0. The third-order valence-electron chi connectivity index (χ3n) is 6.18. The van der Waals surface area contributed by atoms with Crippen molar-refractivity contribution in [2.45, 2.75) is 59.3 Å². The Labute approximate surface area is 178 Å². The average molecular weight is 415 g/mol. The minimum absolute atomic E-state index is 0.0546. The van der Waals surface area contributed by atoms with Crippen molar-refractivity contribution in [3.05, 3.63) is 28.7 Å². The molecule has 164 valence electrons. The summed E-state index contributed by atoms with van der Waals surface area (Å²) in [4.78, 5) is 30.8. The van der Waals surface area contributed by atoms with E-state index in [1.165, 1.54) is 32.1 Å². The molecule has 2 amide bonds. The SMILES string of the molecule is Cc1nc2c(C(N)=O)cnn2c(C)c1CCC(=O)NCCCCN1CCC(C)CC1. The monoisotopic (exact) mass is 414 g/mol. The first-order valence-corrected chi connectivity index (χ1v) is 11.0. The number of carbonyl (C=O) groups is 2. The lowest BCUT2D eigenvalue weighted by Crippen LogP contribution is -2.34. The number of likely N-dealkylation sites (tertiary alicyclic amines) is 1. The summed E-state index contributed by atoms with van der Waals surface area (Å²) in [5.74, 6) is 0.375. The van der Waals surface area contributed by atoms with Crippen LogP contribution in [0.2, 0.25) is 0 Å². The average Bonchev–Trinajstić information content (AvgIpc) is 3.13. The van der Waals surface area contributed by atoms with Gasteiger partial charge in [-0.25, -0.2) is 9.50 Å². The summed E-state index contributed by atoms with van der Waals surface area (Å²) >= 11 is 0. The number of nitrogens with two attached hydrogens (primary N) is 1. The standard InChI is InChI=1S/C22H34N6O2/c1-15-8-12-27(13-9-15)11-5-4-10-24-20(29)7-6-18-16(2)26-22-19(21(23)30)14-25-28(22)17(18)3/h14-15H,4-13H2,1-3H3,(H2,23,30)(H,24,29). The lowest BCUT2D eigenvalue weighted by Gasteiger charge is -2.30. The predicted molar refractivity (Wildman–Crippen MR) is 116 cm³/mol. The molecule has 3 N–H and O–H groups in total. The number of aromatic nitrogens is 3. The van der Waals surface area contributed by atoms with Crippen LogP contribution in [0, 0.1) is 19.8 Å². The van der Waals surface area contributed by atoms with Gasteiger partial charge in [-0.2, -0.15) is 5.10 Å². The smallest absolute Gasteiger partial charge is 0.254 e. The molecule has 3 rings (SSSR count). The second kappa shape index (κ2) is 10.0. The lowest BCUT2D eigenvalue weighted by atomic mass is 9.99. The molecule has 0 atom stereocenters. The summed E-state index contributed by atoms with van der Waals surface area (Å²) in [5, 5.41) is 7.26. The predicted octanol–water partition coefficient (Wildman–Crippen LogP) is 2.01. The van der Waals surface area contributed by atoms with Gasteiger partial charge in [0.2, 0.25) is 5.91 Å². The Morgan fingerprint density at radius 1 is 1.23 bits per heavy atom. The molecule has 0 unspecified atom stereocenters. The minimum Gasteiger partial charge on any atom is -0.365 e. The Bertz CT molecular complexity index is 899. The van der Waals surface area contributed by atoms with Crippen LogP contribution in [0.4, 0.5) is 0 Å². The molecule has 2 aromatic rings. The van der Waals surface area contributed by atoms with E-state index in [4.69, 9.17) is 5.73 Å². The normalized spacial score (nSPS) is 15.6. The summed E-state index contributed by atoms with van der Waals surface area (Å²) < 4.78 is 1.63. The summed E-state index contributed by atoms with van der Waals surface area (Å²) in [7, 11) is 0. The van der Waals surface area contributed by atoms with Gasteiger partial charge in [-0.05, 0) is 77.1 Å². The van der Waals surface area contributed by atoms with Crippen molar-refractivity contribution in [1.29, 1.82) is 0 Å².